The zero-order valence-corrected chi connectivity index (χ0v) is 8.81. The van der Waals surface area contributed by atoms with E-state index in [2.05, 4.69) is 19.2 Å². The van der Waals surface area contributed by atoms with E-state index in [0.29, 0.717) is 6.10 Å². The molecule has 0 aromatic heterocycles. The molecular formula is C11H21NO. The van der Waals surface area contributed by atoms with Crippen molar-refractivity contribution in [2.24, 2.45) is 5.92 Å². The molecule has 2 saturated heterocycles. The van der Waals surface area contributed by atoms with E-state index < -0.39 is 0 Å². The van der Waals surface area contributed by atoms with Gasteiger partial charge in [0.15, 0.2) is 0 Å². The Hall–Kier alpha value is -0.0800. The minimum atomic E-state index is 0.247. The van der Waals surface area contributed by atoms with Crippen LogP contribution in [-0.4, -0.2) is 24.8 Å². The highest BCUT2D eigenvalue weighted by molar-refractivity contribution is 5.04. The summed E-state index contributed by atoms with van der Waals surface area (Å²) >= 11 is 0. The van der Waals surface area contributed by atoms with Crippen LogP contribution in [-0.2, 0) is 4.74 Å². The van der Waals surface area contributed by atoms with Crippen LogP contribution in [0.1, 0.15) is 39.5 Å². The smallest absolute Gasteiger partial charge is 0.0982 e. The zero-order chi connectivity index (χ0) is 9.31. The second kappa shape index (κ2) is 3.58. The first-order chi connectivity index (χ1) is 6.29. The highest BCUT2D eigenvalue weighted by Crippen LogP contribution is 2.47. The Balaban J connectivity index is 1.97. The summed E-state index contributed by atoms with van der Waals surface area (Å²) in [6.07, 6.45) is 5.74. The van der Waals surface area contributed by atoms with Crippen molar-refractivity contribution in [1.82, 2.24) is 5.32 Å². The van der Waals surface area contributed by atoms with Crippen LogP contribution in [0.3, 0.4) is 0 Å². The minimum absolute atomic E-state index is 0.247. The number of hydrogen-bond acceptors (Lipinski definition) is 2. The lowest BCUT2D eigenvalue weighted by Crippen LogP contribution is -2.33. The Bertz CT molecular complexity index is 171. The summed E-state index contributed by atoms with van der Waals surface area (Å²) in [4.78, 5) is 0. The Morgan fingerprint density at radius 1 is 1.46 bits per heavy atom. The van der Waals surface area contributed by atoms with Gasteiger partial charge < -0.3 is 10.1 Å². The largest absolute Gasteiger partial charge is 0.366 e. The topological polar surface area (TPSA) is 24.6 Å². The highest BCUT2D eigenvalue weighted by Gasteiger charge is 2.56. The number of nitrogens with one attached hydrogen (secondary N) is 1. The van der Waals surface area contributed by atoms with Gasteiger partial charge in [-0.15, -0.1) is 0 Å². The van der Waals surface area contributed by atoms with Gasteiger partial charge in [0.1, 0.15) is 0 Å². The number of hydrogen-bond donors (Lipinski definition) is 1. The molecule has 0 aromatic carbocycles. The maximum absolute atomic E-state index is 5.81. The second-order valence-electron chi connectivity index (χ2n) is 4.47. The van der Waals surface area contributed by atoms with Crippen LogP contribution in [0.15, 0.2) is 0 Å². The van der Waals surface area contributed by atoms with Crippen molar-refractivity contribution >= 4 is 0 Å². The SMILES string of the molecule is CCC1(C2CCCCNC2)OC1C. The number of epoxide rings is 1. The maximum Gasteiger partial charge on any atom is 0.0982 e. The predicted octanol–water partition coefficient (Wildman–Crippen LogP) is 1.94. The van der Waals surface area contributed by atoms with Gasteiger partial charge in [-0.3, -0.25) is 0 Å². The molecular weight excluding hydrogens is 162 g/mol. The average Bonchev–Trinajstić information content (AvgIpc) is 2.84. The first kappa shape index (κ1) is 9.47. The summed E-state index contributed by atoms with van der Waals surface area (Å²) in [5.74, 6) is 0.759. The molecule has 0 aromatic rings. The third kappa shape index (κ3) is 1.62. The molecule has 13 heavy (non-hydrogen) atoms. The molecule has 2 aliphatic rings. The molecule has 2 nitrogen and oxygen atoms in total. The molecule has 76 valence electrons. The molecule has 0 bridgehead atoms. The lowest BCUT2D eigenvalue weighted by atomic mass is 9.84. The number of ether oxygens (including phenoxy) is 1. The van der Waals surface area contributed by atoms with Gasteiger partial charge in [0.2, 0.25) is 0 Å². The lowest BCUT2D eigenvalue weighted by Gasteiger charge is -2.21. The summed E-state index contributed by atoms with van der Waals surface area (Å²) in [6.45, 7) is 6.84. The molecule has 2 fully saturated rings. The van der Waals surface area contributed by atoms with Crippen molar-refractivity contribution < 1.29 is 4.74 Å². The fourth-order valence-electron chi connectivity index (χ4n) is 2.82. The predicted molar refractivity (Wildman–Crippen MR) is 53.8 cm³/mol. The fourth-order valence-corrected chi connectivity index (χ4v) is 2.82. The van der Waals surface area contributed by atoms with Crippen molar-refractivity contribution in [2.45, 2.75) is 51.2 Å². The Labute approximate surface area is 81.0 Å². The van der Waals surface area contributed by atoms with E-state index in [9.17, 15) is 0 Å². The Morgan fingerprint density at radius 2 is 2.23 bits per heavy atom. The van der Waals surface area contributed by atoms with E-state index in [1.165, 1.54) is 32.2 Å². The molecule has 2 heterocycles. The van der Waals surface area contributed by atoms with Crippen LogP contribution in [0.25, 0.3) is 0 Å². The van der Waals surface area contributed by atoms with Crippen molar-refractivity contribution in [3.8, 4) is 0 Å². The first-order valence-corrected chi connectivity index (χ1v) is 5.68. The second-order valence-corrected chi connectivity index (χ2v) is 4.47. The van der Waals surface area contributed by atoms with Gasteiger partial charge in [-0.25, -0.2) is 0 Å². The van der Waals surface area contributed by atoms with Crippen molar-refractivity contribution in [2.75, 3.05) is 13.1 Å². The van der Waals surface area contributed by atoms with Crippen LogP contribution >= 0.6 is 0 Å². The van der Waals surface area contributed by atoms with Gasteiger partial charge in [-0.1, -0.05) is 13.3 Å². The zero-order valence-electron chi connectivity index (χ0n) is 8.81. The van der Waals surface area contributed by atoms with Crippen LogP contribution in [0.2, 0.25) is 0 Å². The summed E-state index contributed by atoms with van der Waals surface area (Å²) in [6, 6.07) is 0. The minimum Gasteiger partial charge on any atom is -0.366 e. The van der Waals surface area contributed by atoms with Gasteiger partial charge in [-0.2, -0.15) is 0 Å². The molecule has 2 rings (SSSR count). The summed E-state index contributed by atoms with van der Waals surface area (Å²) in [5, 5.41) is 3.52. The fraction of sp³-hybridized carbons (Fsp3) is 1.00. The van der Waals surface area contributed by atoms with Crippen molar-refractivity contribution in [3.63, 3.8) is 0 Å². The van der Waals surface area contributed by atoms with E-state index in [4.69, 9.17) is 4.74 Å². The quantitative estimate of drug-likeness (QED) is 0.662. The Morgan fingerprint density at radius 3 is 2.85 bits per heavy atom. The third-order valence-electron chi connectivity index (χ3n) is 3.82. The molecule has 2 aliphatic heterocycles. The standard InChI is InChI=1S/C11H21NO/c1-3-11(9(2)13-11)10-6-4-5-7-12-8-10/h9-10,12H,3-8H2,1-2H3. The molecule has 0 aliphatic carbocycles. The third-order valence-corrected chi connectivity index (χ3v) is 3.82. The van der Waals surface area contributed by atoms with E-state index in [1.54, 1.807) is 0 Å². The van der Waals surface area contributed by atoms with Gasteiger partial charge in [0.05, 0.1) is 11.7 Å². The van der Waals surface area contributed by atoms with Crippen LogP contribution in [0.4, 0.5) is 0 Å². The molecule has 0 spiro atoms. The maximum atomic E-state index is 5.81. The van der Waals surface area contributed by atoms with Crippen LogP contribution in [0.5, 0.6) is 0 Å². The van der Waals surface area contributed by atoms with Crippen molar-refractivity contribution in [1.29, 1.82) is 0 Å². The summed E-state index contributed by atoms with van der Waals surface area (Å²) in [5.41, 5.74) is 0.247. The van der Waals surface area contributed by atoms with Crippen molar-refractivity contribution in [3.05, 3.63) is 0 Å². The van der Waals surface area contributed by atoms with Crippen LogP contribution < -0.4 is 5.32 Å². The molecule has 0 radical (unpaired) electrons. The Kier molecular flexibility index (Phi) is 2.61. The first-order valence-electron chi connectivity index (χ1n) is 5.68. The average molecular weight is 183 g/mol. The van der Waals surface area contributed by atoms with E-state index in [-0.39, 0.29) is 5.60 Å². The van der Waals surface area contributed by atoms with Gasteiger partial charge in [0.25, 0.3) is 0 Å². The van der Waals surface area contributed by atoms with E-state index >= 15 is 0 Å². The monoisotopic (exact) mass is 183 g/mol. The lowest BCUT2D eigenvalue weighted by molar-refractivity contribution is 0.199. The molecule has 0 saturated carbocycles. The molecule has 0 amide bonds. The van der Waals surface area contributed by atoms with Gasteiger partial charge in [0, 0.05) is 12.5 Å². The highest BCUT2D eigenvalue weighted by atomic mass is 16.6. The summed E-state index contributed by atoms with van der Waals surface area (Å²) < 4.78 is 5.81. The molecule has 3 atom stereocenters. The van der Waals surface area contributed by atoms with E-state index in [0.717, 1.165) is 12.5 Å². The normalized spacial score (nSPS) is 45.7. The van der Waals surface area contributed by atoms with Gasteiger partial charge >= 0.3 is 0 Å². The van der Waals surface area contributed by atoms with Gasteiger partial charge in [-0.05, 0) is 32.7 Å². The molecule has 2 heteroatoms. The molecule has 1 N–H and O–H groups in total. The summed E-state index contributed by atoms with van der Waals surface area (Å²) in [7, 11) is 0. The number of rotatable bonds is 2. The molecule has 3 unspecified atom stereocenters. The van der Waals surface area contributed by atoms with E-state index in [1.807, 2.05) is 0 Å². The van der Waals surface area contributed by atoms with Crippen LogP contribution in [0, 0.1) is 5.92 Å².